The first-order chi connectivity index (χ1) is 9.61. The summed E-state index contributed by atoms with van der Waals surface area (Å²) in [5, 5.41) is 9.10. The molecule has 2 rings (SSSR count). The number of halogens is 2. The van der Waals surface area contributed by atoms with Crippen LogP contribution >= 0.6 is 23.2 Å². The highest BCUT2D eigenvalue weighted by Crippen LogP contribution is 2.27. The Balaban J connectivity index is 1.97. The summed E-state index contributed by atoms with van der Waals surface area (Å²) < 4.78 is 1.90. The predicted molar refractivity (Wildman–Crippen MR) is 84.4 cm³/mol. The summed E-state index contributed by atoms with van der Waals surface area (Å²) in [4.78, 5) is 0. The van der Waals surface area contributed by atoms with E-state index in [0.29, 0.717) is 5.02 Å². The minimum Gasteiger partial charge on any atom is -0.310 e. The number of rotatable bonds is 6. The molecule has 3 nitrogen and oxygen atoms in total. The van der Waals surface area contributed by atoms with Crippen LogP contribution in [0.25, 0.3) is 0 Å². The fourth-order valence-corrected chi connectivity index (χ4v) is 2.82. The molecule has 2 aromatic rings. The number of hydrogen-bond acceptors (Lipinski definition) is 2. The fourth-order valence-electron chi connectivity index (χ4n) is 2.28. The van der Waals surface area contributed by atoms with Gasteiger partial charge in [-0.2, -0.15) is 5.10 Å². The molecule has 5 heteroatoms. The van der Waals surface area contributed by atoms with Crippen LogP contribution in [-0.4, -0.2) is 16.3 Å². The highest BCUT2D eigenvalue weighted by Gasteiger charge is 2.12. The summed E-state index contributed by atoms with van der Waals surface area (Å²) in [6, 6.07) is 7.96. The van der Waals surface area contributed by atoms with E-state index < -0.39 is 0 Å². The Labute approximate surface area is 129 Å². The van der Waals surface area contributed by atoms with Crippen LogP contribution in [0.1, 0.15) is 30.6 Å². The molecule has 1 N–H and O–H groups in total. The first-order valence-electron chi connectivity index (χ1n) is 6.77. The van der Waals surface area contributed by atoms with Gasteiger partial charge < -0.3 is 5.32 Å². The van der Waals surface area contributed by atoms with Gasteiger partial charge in [-0.1, -0.05) is 36.2 Å². The van der Waals surface area contributed by atoms with Crippen LogP contribution in [0.5, 0.6) is 0 Å². The smallest absolute Gasteiger partial charge is 0.0492 e. The number of nitrogens with one attached hydrogen (secondary N) is 1. The summed E-state index contributed by atoms with van der Waals surface area (Å²) in [6.07, 6.45) is 3.74. The first-order valence-corrected chi connectivity index (χ1v) is 7.52. The summed E-state index contributed by atoms with van der Waals surface area (Å²) in [5.41, 5.74) is 2.32. The molecule has 0 spiro atoms. The quantitative estimate of drug-likeness (QED) is 0.873. The van der Waals surface area contributed by atoms with Gasteiger partial charge in [0.25, 0.3) is 0 Å². The molecule has 1 aromatic heterocycles. The molecule has 0 saturated carbocycles. The lowest BCUT2D eigenvalue weighted by Gasteiger charge is -2.19. The van der Waals surface area contributed by atoms with E-state index in [4.69, 9.17) is 23.2 Å². The molecule has 0 aliphatic carbocycles. The van der Waals surface area contributed by atoms with Crippen molar-refractivity contribution in [2.75, 3.05) is 6.54 Å². The highest BCUT2D eigenvalue weighted by molar-refractivity contribution is 6.35. The van der Waals surface area contributed by atoms with Crippen LogP contribution in [-0.2, 0) is 13.5 Å². The van der Waals surface area contributed by atoms with Crippen molar-refractivity contribution < 1.29 is 0 Å². The van der Waals surface area contributed by atoms with Crippen molar-refractivity contribution in [2.24, 2.45) is 7.05 Å². The summed E-state index contributed by atoms with van der Waals surface area (Å²) in [7, 11) is 1.96. The highest BCUT2D eigenvalue weighted by atomic mass is 35.5. The lowest BCUT2D eigenvalue weighted by atomic mass is 10.0. The summed E-state index contributed by atoms with van der Waals surface area (Å²) in [6.45, 7) is 3.03. The third-order valence-electron chi connectivity index (χ3n) is 3.44. The molecule has 20 heavy (non-hydrogen) atoms. The molecule has 0 bridgehead atoms. The van der Waals surface area contributed by atoms with E-state index in [2.05, 4.69) is 17.3 Å². The molecule has 0 aliphatic rings. The zero-order valence-corrected chi connectivity index (χ0v) is 13.2. The molecule has 0 amide bonds. The van der Waals surface area contributed by atoms with Gasteiger partial charge in [-0.05, 0) is 30.2 Å². The van der Waals surface area contributed by atoms with Crippen molar-refractivity contribution in [3.63, 3.8) is 0 Å². The van der Waals surface area contributed by atoms with Crippen LogP contribution in [0, 0.1) is 0 Å². The Morgan fingerprint density at radius 3 is 2.70 bits per heavy atom. The van der Waals surface area contributed by atoms with Gasteiger partial charge in [0.15, 0.2) is 0 Å². The Bertz CT molecular complexity index is 566. The molecular formula is C15H19Cl2N3. The topological polar surface area (TPSA) is 29.9 Å². The normalized spacial score (nSPS) is 12.6. The lowest BCUT2D eigenvalue weighted by Crippen LogP contribution is -2.24. The van der Waals surface area contributed by atoms with Crippen molar-refractivity contribution in [1.29, 1.82) is 0 Å². The van der Waals surface area contributed by atoms with Crippen molar-refractivity contribution in [3.05, 3.63) is 51.8 Å². The third kappa shape index (κ3) is 3.75. The van der Waals surface area contributed by atoms with Crippen LogP contribution in [0.3, 0.4) is 0 Å². The predicted octanol–water partition coefficient (Wildman–Crippen LogP) is 4.01. The van der Waals surface area contributed by atoms with Gasteiger partial charge in [0, 0.05) is 48.0 Å². The van der Waals surface area contributed by atoms with Crippen molar-refractivity contribution in [3.8, 4) is 0 Å². The van der Waals surface area contributed by atoms with Crippen molar-refractivity contribution in [1.82, 2.24) is 15.1 Å². The number of nitrogens with zero attached hydrogens (tertiary/aromatic N) is 2. The van der Waals surface area contributed by atoms with E-state index in [-0.39, 0.29) is 6.04 Å². The standard InChI is InChI=1S/C15H19Cl2N3/c1-3-15(13-5-4-11(16)10-14(13)17)18-8-6-12-7-9-19-20(12)2/h4-5,7,9-10,15,18H,3,6,8H2,1-2H3. The van der Waals surface area contributed by atoms with Crippen LogP contribution in [0.2, 0.25) is 10.0 Å². The zero-order valence-electron chi connectivity index (χ0n) is 11.7. The van der Waals surface area contributed by atoms with Crippen LogP contribution in [0.4, 0.5) is 0 Å². The van der Waals surface area contributed by atoms with Crippen molar-refractivity contribution >= 4 is 23.2 Å². The number of aromatic nitrogens is 2. The minimum atomic E-state index is 0.244. The minimum absolute atomic E-state index is 0.244. The SMILES string of the molecule is CCC(NCCc1ccnn1C)c1ccc(Cl)cc1Cl. The summed E-state index contributed by atoms with van der Waals surface area (Å²) >= 11 is 12.2. The van der Waals surface area contributed by atoms with Gasteiger partial charge in [0.2, 0.25) is 0 Å². The molecular weight excluding hydrogens is 293 g/mol. The summed E-state index contributed by atoms with van der Waals surface area (Å²) in [5.74, 6) is 0. The average molecular weight is 312 g/mol. The molecule has 1 heterocycles. The molecule has 1 aromatic carbocycles. The Morgan fingerprint density at radius 1 is 1.30 bits per heavy atom. The van der Waals surface area contributed by atoms with Gasteiger partial charge in [0.05, 0.1) is 0 Å². The molecule has 0 aliphatic heterocycles. The Kier molecular flexibility index (Phi) is 5.46. The van der Waals surface area contributed by atoms with Gasteiger partial charge in [-0.15, -0.1) is 0 Å². The maximum absolute atomic E-state index is 6.27. The second-order valence-electron chi connectivity index (χ2n) is 4.78. The van der Waals surface area contributed by atoms with E-state index in [0.717, 1.165) is 30.0 Å². The Hall–Kier alpha value is -1.03. The number of hydrogen-bond donors (Lipinski definition) is 1. The lowest BCUT2D eigenvalue weighted by molar-refractivity contribution is 0.516. The van der Waals surface area contributed by atoms with Gasteiger partial charge in [-0.25, -0.2) is 0 Å². The maximum atomic E-state index is 6.27. The van der Waals surface area contributed by atoms with E-state index in [1.807, 2.05) is 36.1 Å². The van der Waals surface area contributed by atoms with E-state index in [1.54, 1.807) is 6.07 Å². The third-order valence-corrected chi connectivity index (χ3v) is 4.00. The monoisotopic (exact) mass is 311 g/mol. The fraction of sp³-hybridized carbons (Fsp3) is 0.400. The van der Waals surface area contributed by atoms with E-state index >= 15 is 0 Å². The van der Waals surface area contributed by atoms with Gasteiger partial charge in [-0.3, -0.25) is 4.68 Å². The largest absolute Gasteiger partial charge is 0.310 e. The van der Waals surface area contributed by atoms with Crippen LogP contribution in [0.15, 0.2) is 30.5 Å². The molecule has 0 fully saturated rings. The maximum Gasteiger partial charge on any atom is 0.0492 e. The first kappa shape index (κ1) is 15.4. The number of aryl methyl sites for hydroxylation is 1. The molecule has 108 valence electrons. The molecule has 0 saturated heterocycles. The second kappa shape index (κ2) is 7.11. The molecule has 0 radical (unpaired) electrons. The van der Waals surface area contributed by atoms with Gasteiger partial charge >= 0.3 is 0 Å². The van der Waals surface area contributed by atoms with E-state index in [1.165, 1.54) is 5.69 Å². The van der Waals surface area contributed by atoms with E-state index in [9.17, 15) is 0 Å². The average Bonchev–Trinajstić information content (AvgIpc) is 2.81. The van der Waals surface area contributed by atoms with Crippen molar-refractivity contribution in [2.45, 2.75) is 25.8 Å². The number of benzene rings is 1. The zero-order chi connectivity index (χ0) is 14.5. The van der Waals surface area contributed by atoms with Gasteiger partial charge in [0.1, 0.15) is 0 Å². The van der Waals surface area contributed by atoms with Crippen LogP contribution < -0.4 is 5.32 Å². The second-order valence-corrected chi connectivity index (χ2v) is 5.62. The molecule has 1 atom stereocenters. The molecule has 1 unspecified atom stereocenters. The Morgan fingerprint density at radius 2 is 2.10 bits per heavy atom.